The number of nitrogen functional groups attached to an aromatic ring is 1. The number of nitrogens with two attached hydrogens (primary N) is 1. The number of benzene rings is 1. The Labute approximate surface area is 127 Å². The van der Waals surface area contributed by atoms with Crippen LogP contribution >= 0.6 is 11.8 Å². The van der Waals surface area contributed by atoms with Gasteiger partial charge in [-0.05, 0) is 19.1 Å². The fourth-order valence-electron chi connectivity index (χ4n) is 1.65. The number of thioether (sulfide) groups is 1. The largest absolute Gasteiger partial charge is 0.494 e. The fraction of sp³-hybridized carbons (Fsp3) is 0.286. The monoisotopic (exact) mass is 307 g/mol. The Kier molecular flexibility index (Phi) is 5.10. The van der Waals surface area contributed by atoms with Crippen LogP contribution in [0.25, 0.3) is 0 Å². The standard InChI is InChI=1S/C14H17N3O3S/c1-9-8-20-14(16-9)21-6-5-13(18)17-11-4-3-10(15)7-12(11)19-2/h3-4,7-8H,5-6,15H2,1-2H3,(H,17,18). The summed E-state index contributed by atoms with van der Waals surface area (Å²) in [6.45, 7) is 1.85. The van der Waals surface area contributed by atoms with Crippen LogP contribution in [-0.4, -0.2) is 23.8 Å². The maximum atomic E-state index is 11.9. The van der Waals surface area contributed by atoms with Gasteiger partial charge in [-0.1, -0.05) is 11.8 Å². The third-order valence-corrected chi connectivity index (χ3v) is 3.49. The lowest BCUT2D eigenvalue weighted by atomic mass is 10.2. The normalized spacial score (nSPS) is 10.4. The van der Waals surface area contributed by atoms with E-state index < -0.39 is 0 Å². The van der Waals surface area contributed by atoms with Crippen LogP contribution in [0.5, 0.6) is 5.75 Å². The Morgan fingerprint density at radius 3 is 3.00 bits per heavy atom. The van der Waals surface area contributed by atoms with Crippen molar-refractivity contribution in [2.45, 2.75) is 18.6 Å². The average molecular weight is 307 g/mol. The van der Waals surface area contributed by atoms with E-state index in [1.165, 1.54) is 18.9 Å². The predicted molar refractivity (Wildman–Crippen MR) is 82.6 cm³/mol. The lowest BCUT2D eigenvalue weighted by Crippen LogP contribution is -2.13. The summed E-state index contributed by atoms with van der Waals surface area (Å²) in [6, 6.07) is 5.10. The molecule has 1 aromatic heterocycles. The van der Waals surface area contributed by atoms with Gasteiger partial charge in [-0.3, -0.25) is 4.79 Å². The molecule has 112 valence electrons. The highest BCUT2D eigenvalue weighted by Gasteiger charge is 2.09. The van der Waals surface area contributed by atoms with Crippen LogP contribution in [0, 0.1) is 6.92 Å². The molecule has 1 heterocycles. The van der Waals surface area contributed by atoms with E-state index >= 15 is 0 Å². The fourth-order valence-corrected chi connectivity index (χ4v) is 2.44. The lowest BCUT2D eigenvalue weighted by molar-refractivity contribution is -0.115. The number of hydrogen-bond acceptors (Lipinski definition) is 6. The number of methoxy groups -OCH3 is 1. The van der Waals surface area contributed by atoms with Gasteiger partial charge in [-0.2, -0.15) is 0 Å². The van der Waals surface area contributed by atoms with E-state index in [-0.39, 0.29) is 5.91 Å². The van der Waals surface area contributed by atoms with Crippen molar-refractivity contribution in [1.82, 2.24) is 4.98 Å². The molecule has 1 aromatic carbocycles. The molecule has 0 saturated heterocycles. The summed E-state index contributed by atoms with van der Waals surface area (Å²) in [7, 11) is 1.53. The second-order valence-electron chi connectivity index (χ2n) is 4.36. The number of aromatic nitrogens is 1. The molecule has 0 radical (unpaired) electrons. The van der Waals surface area contributed by atoms with Gasteiger partial charge in [0.1, 0.15) is 12.0 Å². The molecule has 0 bridgehead atoms. The van der Waals surface area contributed by atoms with Gasteiger partial charge in [0.15, 0.2) is 0 Å². The molecular weight excluding hydrogens is 290 g/mol. The molecule has 2 rings (SSSR count). The maximum absolute atomic E-state index is 11.9. The minimum absolute atomic E-state index is 0.103. The average Bonchev–Trinajstić information content (AvgIpc) is 2.86. The van der Waals surface area contributed by atoms with Crippen LogP contribution in [0.1, 0.15) is 12.1 Å². The SMILES string of the molecule is COc1cc(N)ccc1NC(=O)CCSc1nc(C)co1. The van der Waals surface area contributed by atoms with Gasteiger partial charge in [-0.15, -0.1) is 0 Å². The molecule has 0 spiro atoms. The molecule has 7 heteroatoms. The van der Waals surface area contributed by atoms with Crippen LogP contribution in [0.3, 0.4) is 0 Å². The van der Waals surface area contributed by atoms with E-state index in [1.54, 1.807) is 24.5 Å². The highest BCUT2D eigenvalue weighted by Crippen LogP contribution is 2.27. The molecule has 0 aliphatic rings. The zero-order valence-corrected chi connectivity index (χ0v) is 12.7. The van der Waals surface area contributed by atoms with Crippen molar-refractivity contribution in [1.29, 1.82) is 0 Å². The number of ether oxygens (including phenoxy) is 1. The Balaban J connectivity index is 1.84. The smallest absolute Gasteiger partial charge is 0.255 e. The molecule has 0 aliphatic carbocycles. The second-order valence-corrected chi connectivity index (χ2v) is 5.41. The Bertz CT molecular complexity index is 628. The van der Waals surface area contributed by atoms with Crippen molar-refractivity contribution in [3.63, 3.8) is 0 Å². The van der Waals surface area contributed by atoms with Crippen LogP contribution in [0.2, 0.25) is 0 Å². The topological polar surface area (TPSA) is 90.4 Å². The summed E-state index contributed by atoms with van der Waals surface area (Å²) in [5.74, 6) is 1.02. The van der Waals surface area contributed by atoms with Crippen molar-refractivity contribution in [3.8, 4) is 5.75 Å². The van der Waals surface area contributed by atoms with Crippen molar-refractivity contribution in [3.05, 3.63) is 30.2 Å². The molecule has 6 nitrogen and oxygen atoms in total. The molecule has 3 N–H and O–H groups in total. The molecule has 2 aromatic rings. The van der Waals surface area contributed by atoms with Crippen molar-refractivity contribution >= 4 is 29.0 Å². The van der Waals surface area contributed by atoms with Gasteiger partial charge in [0.2, 0.25) is 5.91 Å². The Hall–Kier alpha value is -2.15. The molecule has 0 aliphatic heterocycles. The quantitative estimate of drug-likeness (QED) is 0.630. The first kappa shape index (κ1) is 15.2. The molecule has 21 heavy (non-hydrogen) atoms. The van der Waals surface area contributed by atoms with E-state index in [9.17, 15) is 4.79 Å². The molecule has 0 saturated carbocycles. The minimum Gasteiger partial charge on any atom is -0.494 e. The number of anilines is 2. The van der Waals surface area contributed by atoms with Crippen LogP contribution in [0.4, 0.5) is 11.4 Å². The number of amides is 1. The summed E-state index contributed by atoms with van der Waals surface area (Å²) in [5.41, 5.74) is 7.68. The highest BCUT2D eigenvalue weighted by molar-refractivity contribution is 7.99. The number of oxazole rings is 1. The van der Waals surface area contributed by atoms with Gasteiger partial charge in [0.25, 0.3) is 5.22 Å². The lowest BCUT2D eigenvalue weighted by Gasteiger charge is -2.10. The highest BCUT2D eigenvalue weighted by atomic mass is 32.2. The number of carbonyl (C=O) groups excluding carboxylic acids is 1. The first-order chi connectivity index (χ1) is 10.1. The first-order valence-corrected chi connectivity index (χ1v) is 7.35. The molecule has 1 amide bonds. The van der Waals surface area contributed by atoms with E-state index in [2.05, 4.69) is 10.3 Å². The van der Waals surface area contributed by atoms with E-state index in [0.29, 0.717) is 34.5 Å². The molecule has 0 fully saturated rings. The van der Waals surface area contributed by atoms with Crippen LogP contribution in [-0.2, 0) is 4.79 Å². The first-order valence-electron chi connectivity index (χ1n) is 6.37. The van der Waals surface area contributed by atoms with Gasteiger partial charge >= 0.3 is 0 Å². The zero-order valence-electron chi connectivity index (χ0n) is 11.9. The van der Waals surface area contributed by atoms with Gasteiger partial charge < -0.3 is 20.2 Å². The van der Waals surface area contributed by atoms with E-state index in [0.717, 1.165) is 5.69 Å². The number of nitrogens with zero attached hydrogens (tertiary/aromatic N) is 1. The molecule has 0 unspecified atom stereocenters. The van der Waals surface area contributed by atoms with Crippen molar-refractivity contribution in [2.75, 3.05) is 23.9 Å². The number of hydrogen-bond donors (Lipinski definition) is 2. The third kappa shape index (κ3) is 4.42. The number of carbonyl (C=O) groups is 1. The maximum Gasteiger partial charge on any atom is 0.255 e. The zero-order chi connectivity index (χ0) is 15.2. The van der Waals surface area contributed by atoms with Gasteiger partial charge in [-0.25, -0.2) is 4.98 Å². The number of nitrogens with one attached hydrogen (secondary N) is 1. The summed E-state index contributed by atoms with van der Waals surface area (Å²) >= 11 is 1.40. The van der Waals surface area contributed by atoms with Gasteiger partial charge in [0.05, 0.1) is 18.5 Å². The van der Waals surface area contributed by atoms with E-state index in [4.69, 9.17) is 14.9 Å². The Morgan fingerprint density at radius 1 is 1.52 bits per heavy atom. The molecule has 0 atom stereocenters. The minimum atomic E-state index is -0.103. The summed E-state index contributed by atoms with van der Waals surface area (Å²) in [4.78, 5) is 16.1. The summed E-state index contributed by atoms with van der Waals surface area (Å²) in [6.07, 6.45) is 1.93. The summed E-state index contributed by atoms with van der Waals surface area (Å²) < 4.78 is 10.4. The molecular formula is C14H17N3O3S. The Morgan fingerprint density at radius 2 is 2.33 bits per heavy atom. The number of aryl methyl sites for hydroxylation is 1. The van der Waals surface area contributed by atoms with E-state index in [1.807, 2.05) is 6.92 Å². The van der Waals surface area contributed by atoms with Crippen molar-refractivity contribution < 1.29 is 13.9 Å². The van der Waals surface area contributed by atoms with Crippen LogP contribution < -0.4 is 15.8 Å². The van der Waals surface area contributed by atoms with Crippen molar-refractivity contribution in [2.24, 2.45) is 0 Å². The summed E-state index contributed by atoms with van der Waals surface area (Å²) in [5, 5.41) is 3.37. The number of rotatable bonds is 6. The van der Waals surface area contributed by atoms with Gasteiger partial charge in [0, 0.05) is 23.9 Å². The second kappa shape index (κ2) is 7.03. The predicted octanol–water partition coefficient (Wildman–Crippen LogP) is 2.69. The third-order valence-electron chi connectivity index (χ3n) is 2.65. The van der Waals surface area contributed by atoms with Crippen LogP contribution in [0.15, 0.2) is 34.1 Å².